The molecule has 8 rings (SSSR count). The summed E-state index contributed by atoms with van der Waals surface area (Å²) in [6.07, 6.45) is 4.21. The summed E-state index contributed by atoms with van der Waals surface area (Å²) in [5.41, 5.74) is 4.51. The first-order valence-corrected chi connectivity index (χ1v) is 23.1. The minimum Gasteiger partial charge on any atom is 0 e. The molecule has 62 heavy (non-hydrogen) atoms. The van der Waals surface area contributed by atoms with E-state index in [0.29, 0.717) is 0 Å². The molecule has 7 heteroatoms. The molecule has 0 N–H and O–H groups in total. The maximum absolute atomic E-state index is 7.50. The Kier molecular flexibility index (Phi) is 19.2. The van der Waals surface area contributed by atoms with Crippen molar-refractivity contribution in [2.24, 2.45) is 9.98 Å². The van der Waals surface area contributed by atoms with Crippen LogP contribution in [0.5, 0.6) is 0 Å². The van der Waals surface area contributed by atoms with Crippen LogP contribution in [0.25, 0.3) is 0 Å². The number of nitrogens with zero attached hydrogens (tertiary/aromatic N) is 3. The Bertz CT molecular complexity index is 2380. The Morgan fingerprint density at radius 2 is 0.645 bits per heavy atom. The predicted molar refractivity (Wildman–Crippen MR) is 262 cm³/mol. The standard InChI is InChI=1S/C52H42N2P2.C2H3N.CO.Fe/c1-7-23-41(24-8-1)51(53-39-43-27-19-21-37-49(43)55(45-29-11-3-12-30-45)46-31-13-4-14-32-46)52(42-25-9-2-10-26-42)54-40-44-28-20-22-38-50(44)56(47-33-15-5-16-34-47)48-35-17-6-18-36-48;1-2-3;1-2;/h1-40,51-52H;1H3;;/p+2/t51-,52?;;;/m1.../s1. The second-order valence-corrected chi connectivity index (χ2v) is 18.8. The van der Waals surface area contributed by atoms with Gasteiger partial charge in [-0.05, 0) is 83.9 Å². The van der Waals surface area contributed by atoms with Crippen molar-refractivity contribution >= 4 is 60.1 Å². The van der Waals surface area contributed by atoms with Crippen LogP contribution in [0.2, 0.25) is 0 Å². The molecule has 0 aliphatic carbocycles. The maximum atomic E-state index is 7.50. The molecule has 1 unspecified atom stereocenters. The fourth-order valence-corrected chi connectivity index (χ4v) is 12.8. The van der Waals surface area contributed by atoms with Gasteiger partial charge < -0.3 is 0 Å². The summed E-state index contributed by atoms with van der Waals surface area (Å²) < 4.78 is 7.50. The van der Waals surface area contributed by atoms with E-state index in [1.54, 1.807) is 6.07 Å². The Balaban J connectivity index is 0.00000116. The first kappa shape index (κ1) is 46.8. The molecule has 0 radical (unpaired) electrons. The van der Waals surface area contributed by atoms with Crippen molar-refractivity contribution in [3.05, 3.63) is 259 Å². The van der Waals surface area contributed by atoms with Gasteiger partial charge in [0.15, 0.2) is 0 Å². The predicted octanol–water partition coefficient (Wildman–Crippen LogP) is 10.2. The van der Waals surface area contributed by atoms with Crippen LogP contribution in [0.1, 0.15) is 41.3 Å². The summed E-state index contributed by atoms with van der Waals surface area (Å²) in [6, 6.07) is 83.8. The number of benzene rings is 8. The Hall–Kier alpha value is -6.29. The van der Waals surface area contributed by atoms with E-state index < -0.39 is 15.8 Å². The molecule has 0 heterocycles. The van der Waals surface area contributed by atoms with Gasteiger partial charge in [0.2, 0.25) is 0 Å². The monoisotopic (exact) mass is 883 g/mol. The van der Waals surface area contributed by atoms with Crippen LogP contribution < -0.4 is 31.8 Å². The summed E-state index contributed by atoms with van der Waals surface area (Å²) in [6.45, 7) is 5.93. The average Bonchev–Trinajstić information content (AvgIpc) is 3.34. The largest absolute Gasteiger partial charge is 0 e. The summed E-state index contributed by atoms with van der Waals surface area (Å²) >= 11 is 0. The van der Waals surface area contributed by atoms with Crippen LogP contribution in [0, 0.1) is 18.0 Å². The van der Waals surface area contributed by atoms with E-state index >= 15 is 0 Å². The second kappa shape index (κ2) is 25.5. The van der Waals surface area contributed by atoms with Crippen LogP contribution >= 0.6 is 15.8 Å². The van der Waals surface area contributed by atoms with Crippen LogP contribution in [0.15, 0.2) is 241 Å². The van der Waals surface area contributed by atoms with E-state index in [1.807, 2.05) is 0 Å². The first-order valence-electron chi connectivity index (χ1n) is 20.1. The molecule has 304 valence electrons. The van der Waals surface area contributed by atoms with Gasteiger partial charge in [-0.1, -0.05) is 158 Å². The van der Waals surface area contributed by atoms with E-state index in [9.17, 15) is 0 Å². The second-order valence-electron chi connectivity index (χ2n) is 13.9. The average molecular weight is 884 g/mol. The van der Waals surface area contributed by atoms with Gasteiger partial charge in [0, 0.05) is 47.5 Å². The van der Waals surface area contributed by atoms with Gasteiger partial charge in [-0.3, -0.25) is 9.98 Å². The molecule has 0 fully saturated rings. The number of hydrogen-bond donors (Lipinski definition) is 0. The summed E-state index contributed by atoms with van der Waals surface area (Å²) in [5.74, 6) is 0. The molecule has 0 aliphatic heterocycles. The molecule has 8 aromatic rings. The molecule has 0 saturated heterocycles. The van der Waals surface area contributed by atoms with Crippen LogP contribution in [0.4, 0.5) is 0 Å². The van der Waals surface area contributed by atoms with Crippen LogP contribution in [-0.2, 0) is 21.7 Å². The van der Waals surface area contributed by atoms with Crippen LogP contribution in [0.3, 0.4) is 0 Å². The molecule has 0 saturated carbocycles. The SMILES string of the molecule is C(=NC(c1ccccc1)[C@H](N=Cc1ccccc1[PH+](c1ccccc1)c1ccccc1)c1ccccc1)c1ccccc1[PH+](c1ccccc1)c1ccccc1.CC#N.[C-]#[O+].[Fe]. The molecular weight excluding hydrogens is 836 g/mol. The topological polar surface area (TPSA) is 68.4 Å². The maximum Gasteiger partial charge on any atom is 0 e. The molecule has 0 amide bonds. The van der Waals surface area contributed by atoms with Gasteiger partial charge in [-0.2, -0.15) is 5.26 Å². The summed E-state index contributed by atoms with van der Waals surface area (Å²) in [4.78, 5) is 11.0. The molecule has 0 spiro atoms. The fourth-order valence-electron chi connectivity index (χ4n) is 7.37. The fraction of sp³-hybridized carbons (Fsp3) is 0.0545. The van der Waals surface area contributed by atoms with Crippen molar-refractivity contribution in [2.75, 3.05) is 0 Å². The van der Waals surface area contributed by atoms with Gasteiger partial charge >= 0.3 is 11.3 Å². The van der Waals surface area contributed by atoms with Crippen molar-refractivity contribution in [3.63, 3.8) is 0 Å². The Morgan fingerprint density at radius 3 is 0.919 bits per heavy atom. The van der Waals surface area contributed by atoms with Crippen molar-refractivity contribution < 1.29 is 21.7 Å². The van der Waals surface area contributed by atoms with Crippen LogP contribution in [-0.4, -0.2) is 12.4 Å². The molecule has 4 nitrogen and oxygen atoms in total. The molecule has 8 aromatic carbocycles. The number of aliphatic imine (C=N–C) groups is 2. The molecule has 0 aliphatic rings. The third-order valence-electron chi connectivity index (χ3n) is 10.0. The quantitative estimate of drug-likeness (QED) is 0.0374. The Morgan fingerprint density at radius 1 is 0.419 bits per heavy atom. The summed E-state index contributed by atoms with van der Waals surface area (Å²) in [5, 5.41) is 15.3. The zero-order valence-electron chi connectivity index (χ0n) is 34.4. The number of nitriles is 1. The zero-order valence-corrected chi connectivity index (χ0v) is 37.5. The normalized spacial score (nSPS) is 11.6. The van der Waals surface area contributed by atoms with Crippen molar-refractivity contribution in [1.29, 1.82) is 5.26 Å². The number of rotatable bonds is 13. The van der Waals surface area contributed by atoms with Gasteiger partial charge in [0.05, 0.1) is 21.9 Å². The third-order valence-corrected chi connectivity index (χ3v) is 15.7. The van der Waals surface area contributed by atoms with Crippen molar-refractivity contribution in [1.82, 2.24) is 0 Å². The van der Waals surface area contributed by atoms with E-state index in [-0.39, 0.29) is 29.2 Å². The summed E-state index contributed by atoms with van der Waals surface area (Å²) in [7, 11) is -2.62. The van der Waals surface area contributed by atoms with Gasteiger partial charge in [-0.25, -0.2) is 0 Å². The van der Waals surface area contributed by atoms with E-state index in [1.165, 1.54) is 38.8 Å². The van der Waals surface area contributed by atoms with Gasteiger partial charge in [0.25, 0.3) is 0 Å². The Labute approximate surface area is 379 Å². The smallest absolute Gasteiger partial charge is 0 e. The van der Waals surface area contributed by atoms with E-state index in [2.05, 4.69) is 250 Å². The molecular formula is C55H47FeN3OP2+2. The van der Waals surface area contributed by atoms with E-state index in [0.717, 1.165) is 22.3 Å². The third kappa shape index (κ3) is 12.4. The van der Waals surface area contributed by atoms with Gasteiger partial charge in [-0.15, -0.1) is 0 Å². The molecule has 0 bridgehead atoms. The van der Waals surface area contributed by atoms with Crippen molar-refractivity contribution in [2.45, 2.75) is 19.0 Å². The van der Waals surface area contributed by atoms with E-state index in [4.69, 9.17) is 19.9 Å². The minimum absolute atomic E-state index is 0. The zero-order chi connectivity index (χ0) is 42.5. The molecule has 0 aromatic heterocycles. The minimum atomic E-state index is -1.31. The van der Waals surface area contributed by atoms with Crippen molar-refractivity contribution in [3.8, 4) is 6.07 Å². The van der Waals surface area contributed by atoms with Gasteiger partial charge in [0.1, 0.15) is 43.9 Å². The first-order chi connectivity index (χ1) is 30.2. The molecule has 2 atom stereocenters. The number of hydrogen-bond acceptors (Lipinski definition) is 3.